The fourth-order valence-corrected chi connectivity index (χ4v) is 2.90. The van der Waals surface area contributed by atoms with Gasteiger partial charge in [0.25, 0.3) is 5.91 Å². The molecule has 0 unspecified atom stereocenters. The number of nitrogens with zero attached hydrogens (tertiary/aromatic N) is 2. The van der Waals surface area contributed by atoms with Crippen molar-refractivity contribution in [3.8, 4) is 5.75 Å². The third-order valence-electron chi connectivity index (χ3n) is 4.54. The Labute approximate surface area is 181 Å². The first-order chi connectivity index (χ1) is 15.0. The molecule has 1 aromatic heterocycles. The summed E-state index contributed by atoms with van der Waals surface area (Å²) >= 11 is 0. The Balaban J connectivity index is 1.84. The lowest BCUT2D eigenvalue weighted by Crippen LogP contribution is -2.28. The van der Waals surface area contributed by atoms with Crippen molar-refractivity contribution < 1.29 is 19.1 Å². The zero-order valence-corrected chi connectivity index (χ0v) is 17.6. The molecule has 1 N–H and O–H groups in total. The summed E-state index contributed by atoms with van der Waals surface area (Å²) in [7, 11) is 3.92. The fourth-order valence-electron chi connectivity index (χ4n) is 2.90. The van der Waals surface area contributed by atoms with Gasteiger partial charge in [-0.1, -0.05) is 36.9 Å². The number of hydrogen-bond donors (Lipinski definition) is 1. The van der Waals surface area contributed by atoms with Crippen LogP contribution in [-0.2, 0) is 16.1 Å². The van der Waals surface area contributed by atoms with Gasteiger partial charge in [-0.05, 0) is 23.8 Å². The Morgan fingerprint density at radius 3 is 2.61 bits per heavy atom. The van der Waals surface area contributed by atoms with Gasteiger partial charge in [-0.15, -0.1) is 0 Å². The maximum absolute atomic E-state index is 12.6. The van der Waals surface area contributed by atoms with Crippen LogP contribution in [0.25, 0.3) is 10.9 Å². The third kappa shape index (κ3) is 5.82. The highest BCUT2D eigenvalue weighted by Gasteiger charge is 2.14. The van der Waals surface area contributed by atoms with E-state index in [1.807, 2.05) is 67.5 Å². The first kappa shape index (κ1) is 21.8. The summed E-state index contributed by atoms with van der Waals surface area (Å²) in [5.41, 5.74) is 2.90. The number of esters is 1. The molecule has 0 atom stereocenters. The van der Waals surface area contributed by atoms with Crippen molar-refractivity contribution in [1.82, 2.24) is 10.3 Å². The van der Waals surface area contributed by atoms with E-state index in [4.69, 9.17) is 9.47 Å². The molecule has 0 bridgehead atoms. The van der Waals surface area contributed by atoms with Crippen molar-refractivity contribution in [3.05, 3.63) is 78.5 Å². The molecule has 0 fully saturated rings. The van der Waals surface area contributed by atoms with Crippen molar-refractivity contribution in [3.63, 3.8) is 0 Å². The minimum Gasteiger partial charge on any atom is -0.488 e. The number of ether oxygens (including phenoxy) is 2. The fraction of sp³-hybridized carbons (Fsp3) is 0.208. The summed E-state index contributed by atoms with van der Waals surface area (Å²) < 4.78 is 11.0. The third-order valence-corrected chi connectivity index (χ3v) is 4.54. The van der Waals surface area contributed by atoms with Gasteiger partial charge in [0, 0.05) is 37.3 Å². The lowest BCUT2D eigenvalue weighted by Gasteiger charge is -2.16. The summed E-state index contributed by atoms with van der Waals surface area (Å²) in [6.07, 6.45) is 1.07. The molecule has 0 aliphatic carbocycles. The maximum atomic E-state index is 12.6. The molecule has 0 aliphatic rings. The molecule has 0 radical (unpaired) electrons. The number of fused-ring (bicyclic) bond motifs is 1. The molecule has 7 heteroatoms. The molecule has 1 amide bonds. The number of carbonyl (C=O) groups excluding carboxylic acids is 2. The first-order valence-corrected chi connectivity index (χ1v) is 9.84. The zero-order valence-electron chi connectivity index (χ0n) is 17.6. The molecular formula is C24H25N3O4. The number of aromatic nitrogens is 1. The lowest BCUT2D eigenvalue weighted by atomic mass is 10.1. The van der Waals surface area contributed by atoms with E-state index in [0.717, 1.165) is 22.7 Å². The number of rotatable bonds is 9. The number of nitrogens with one attached hydrogen (secondary N) is 1. The molecule has 31 heavy (non-hydrogen) atoms. The molecule has 0 aliphatic heterocycles. The summed E-state index contributed by atoms with van der Waals surface area (Å²) in [5, 5.41) is 3.52. The van der Waals surface area contributed by atoms with Crippen LogP contribution < -0.4 is 15.0 Å². The predicted octanol–water partition coefficient (Wildman–Crippen LogP) is 3.34. The van der Waals surface area contributed by atoms with Crippen LogP contribution in [0.3, 0.4) is 0 Å². The monoisotopic (exact) mass is 419 g/mol. The smallest absolute Gasteiger partial charge is 0.330 e. The Bertz CT molecular complexity index is 1080. The van der Waals surface area contributed by atoms with Crippen LogP contribution in [0.4, 0.5) is 5.69 Å². The molecule has 3 rings (SSSR count). The van der Waals surface area contributed by atoms with Gasteiger partial charge in [0.1, 0.15) is 24.7 Å². The topological polar surface area (TPSA) is 80.8 Å². The largest absolute Gasteiger partial charge is 0.488 e. The van der Waals surface area contributed by atoms with Crippen LogP contribution in [0.1, 0.15) is 16.1 Å². The van der Waals surface area contributed by atoms with Crippen LogP contribution in [0.5, 0.6) is 5.75 Å². The van der Waals surface area contributed by atoms with Crippen molar-refractivity contribution in [2.75, 3.05) is 32.1 Å². The molecule has 0 spiro atoms. The van der Waals surface area contributed by atoms with Crippen LogP contribution in [-0.4, -0.2) is 44.1 Å². The molecule has 7 nitrogen and oxygen atoms in total. The summed E-state index contributed by atoms with van der Waals surface area (Å²) in [5.74, 6) is -0.343. The van der Waals surface area contributed by atoms with Crippen LogP contribution in [0, 0.1) is 0 Å². The SMILES string of the molecule is C=CC(=O)OCCNC(=O)c1cc(OCc2ccccc2)c2cc(N(C)C)ccc2n1. The number of benzene rings is 2. The molecular weight excluding hydrogens is 394 g/mol. The van der Waals surface area contributed by atoms with Crippen LogP contribution in [0.2, 0.25) is 0 Å². The van der Waals surface area contributed by atoms with Gasteiger partial charge in [-0.3, -0.25) is 4.79 Å². The Morgan fingerprint density at radius 1 is 1.13 bits per heavy atom. The quantitative estimate of drug-likeness (QED) is 0.326. The van der Waals surface area contributed by atoms with E-state index < -0.39 is 5.97 Å². The van der Waals surface area contributed by atoms with E-state index in [1.54, 1.807) is 6.07 Å². The summed E-state index contributed by atoms with van der Waals surface area (Å²) in [6, 6.07) is 17.2. The van der Waals surface area contributed by atoms with Crippen molar-refractivity contribution in [1.29, 1.82) is 0 Å². The van der Waals surface area contributed by atoms with Gasteiger partial charge in [-0.2, -0.15) is 0 Å². The molecule has 3 aromatic rings. The van der Waals surface area contributed by atoms with Crippen molar-refractivity contribution in [2.24, 2.45) is 0 Å². The number of anilines is 1. The van der Waals surface area contributed by atoms with Gasteiger partial charge < -0.3 is 19.7 Å². The van der Waals surface area contributed by atoms with E-state index >= 15 is 0 Å². The Morgan fingerprint density at radius 2 is 1.90 bits per heavy atom. The summed E-state index contributed by atoms with van der Waals surface area (Å²) in [4.78, 5) is 30.2. The minimum atomic E-state index is -0.536. The minimum absolute atomic E-state index is 0.0493. The van der Waals surface area contributed by atoms with E-state index in [2.05, 4.69) is 16.9 Å². The lowest BCUT2D eigenvalue weighted by molar-refractivity contribution is -0.137. The highest BCUT2D eigenvalue weighted by molar-refractivity contribution is 5.97. The molecule has 0 saturated carbocycles. The van der Waals surface area contributed by atoms with Crippen molar-refractivity contribution in [2.45, 2.75) is 6.61 Å². The Kier molecular flexibility index (Phi) is 7.22. The Hall–Kier alpha value is -3.87. The van der Waals surface area contributed by atoms with Crippen LogP contribution >= 0.6 is 0 Å². The zero-order chi connectivity index (χ0) is 22.2. The first-order valence-electron chi connectivity index (χ1n) is 9.84. The number of hydrogen-bond acceptors (Lipinski definition) is 6. The number of amides is 1. The van der Waals surface area contributed by atoms with Gasteiger partial charge in [0.2, 0.25) is 0 Å². The van der Waals surface area contributed by atoms with Crippen molar-refractivity contribution >= 4 is 28.5 Å². The van der Waals surface area contributed by atoms with Gasteiger partial charge in [0.15, 0.2) is 0 Å². The molecule has 160 valence electrons. The van der Waals surface area contributed by atoms with Crippen LogP contribution in [0.15, 0.2) is 67.3 Å². The number of carbonyl (C=O) groups is 2. The molecule has 2 aromatic carbocycles. The normalized spacial score (nSPS) is 10.4. The van der Waals surface area contributed by atoms with E-state index in [9.17, 15) is 9.59 Å². The predicted molar refractivity (Wildman–Crippen MR) is 120 cm³/mol. The van der Waals surface area contributed by atoms with E-state index in [0.29, 0.717) is 17.9 Å². The summed E-state index contributed by atoms with van der Waals surface area (Å²) in [6.45, 7) is 3.91. The standard InChI is InChI=1S/C24H25N3O4/c1-4-23(28)30-13-12-25-24(29)21-15-22(31-16-17-8-6-5-7-9-17)19-14-18(27(2)3)10-11-20(19)26-21/h4-11,14-15H,1,12-13,16H2,2-3H3,(H,25,29). The highest BCUT2D eigenvalue weighted by atomic mass is 16.5. The van der Waals surface area contributed by atoms with Gasteiger partial charge in [-0.25, -0.2) is 9.78 Å². The molecule has 0 saturated heterocycles. The highest BCUT2D eigenvalue weighted by Crippen LogP contribution is 2.30. The van der Waals surface area contributed by atoms with Gasteiger partial charge in [0.05, 0.1) is 12.1 Å². The van der Waals surface area contributed by atoms with Gasteiger partial charge >= 0.3 is 5.97 Å². The second-order valence-corrected chi connectivity index (χ2v) is 7.00. The second kappa shape index (κ2) is 10.2. The average molecular weight is 419 g/mol. The number of pyridine rings is 1. The maximum Gasteiger partial charge on any atom is 0.330 e. The average Bonchev–Trinajstić information content (AvgIpc) is 2.79. The second-order valence-electron chi connectivity index (χ2n) is 7.00. The van der Waals surface area contributed by atoms with E-state index in [-0.39, 0.29) is 24.8 Å². The van der Waals surface area contributed by atoms with E-state index in [1.165, 1.54) is 0 Å². The molecule has 1 heterocycles.